The SMILES string of the molecule is CC(C(=O)N1CCC(Cc2ccccc2)CC1)N1CCN(S(=O)(=O)c2cccs2)CC1. The number of rotatable bonds is 6. The highest BCUT2D eigenvalue weighted by molar-refractivity contribution is 7.91. The maximum atomic E-state index is 13.1. The summed E-state index contributed by atoms with van der Waals surface area (Å²) in [5.41, 5.74) is 1.37. The lowest BCUT2D eigenvalue weighted by molar-refractivity contribution is -0.138. The number of sulfonamides is 1. The summed E-state index contributed by atoms with van der Waals surface area (Å²) in [4.78, 5) is 17.2. The highest BCUT2D eigenvalue weighted by atomic mass is 32.2. The monoisotopic (exact) mass is 461 g/mol. The van der Waals surface area contributed by atoms with Gasteiger partial charge in [0.15, 0.2) is 0 Å². The molecule has 2 aliphatic rings. The molecule has 2 fully saturated rings. The van der Waals surface area contributed by atoms with E-state index >= 15 is 0 Å². The van der Waals surface area contributed by atoms with Gasteiger partial charge in [0.1, 0.15) is 4.21 Å². The van der Waals surface area contributed by atoms with E-state index in [4.69, 9.17) is 0 Å². The van der Waals surface area contributed by atoms with E-state index in [-0.39, 0.29) is 11.9 Å². The van der Waals surface area contributed by atoms with Crippen molar-refractivity contribution in [2.75, 3.05) is 39.3 Å². The molecule has 0 aliphatic carbocycles. The Morgan fingerprint density at radius 1 is 1.00 bits per heavy atom. The number of thiophene rings is 1. The Hall–Kier alpha value is -1.74. The zero-order valence-corrected chi connectivity index (χ0v) is 19.7. The van der Waals surface area contributed by atoms with Crippen molar-refractivity contribution >= 4 is 27.3 Å². The van der Waals surface area contributed by atoms with Gasteiger partial charge in [0.05, 0.1) is 6.04 Å². The van der Waals surface area contributed by atoms with Crippen molar-refractivity contribution in [3.05, 3.63) is 53.4 Å². The molecule has 1 aromatic heterocycles. The van der Waals surface area contributed by atoms with E-state index < -0.39 is 10.0 Å². The summed E-state index contributed by atoms with van der Waals surface area (Å²) >= 11 is 1.25. The minimum absolute atomic E-state index is 0.174. The van der Waals surface area contributed by atoms with E-state index in [1.165, 1.54) is 16.9 Å². The van der Waals surface area contributed by atoms with Crippen LogP contribution in [0.2, 0.25) is 0 Å². The van der Waals surface area contributed by atoms with Gasteiger partial charge in [-0.25, -0.2) is 8.42 Å². The molecule has 0 spiro atoms. The van der Waals surface area contributed by atoms with Gasteiger partial charge in [0.2, 0.25) is 5.91 Å². The van der Waals surface area contributed by atoms with Gasteiger partial charge in [0, 0.05) is 39.3 Å². The number of carbonyl (C=O) groups excluding carboxylic acids is 1. The second-order valence-electron chi connectivity index (χ2n) is 8.51. The highest BCUT2D eigenvalue weighted by Gasteiger charge is 2.34. The number of likely N-dealkylation sites (tertiary alicyclic amines) is 1. The van der Waals surface area contributed by atoms with E-state index in [9.17, 15) is 13.2 Å². The van der Waals surface area contributed by atoms with Crippen LogP contribution in [0.1, 0.15) is 25.3 Å². The number of hydrogen-bond acceptors (Lipinski definition) is 5. The predicted molar refractivity (Wildman–Crippen MR) is 124 cm³/mol. The van der Waals surface area contributed by atoms with Crippen molar-refractivity contribution in [3.63, 3.8) is 0 Å². The highest BCUT2D eigenvalue weighted by Crippen LogP contribution is 2.24. The van der Waals surface area contributed by atoms with Crippen LogP contribution in [0.3, 0.4) is 0 Å². The molecule has 1 aromatic carbocycles. The second kappa shape index (κ2) is 9.81. The maximum absolute atomic E-state index is 13.1. The Labute approximate surface area is 189 Å². The van der Waals surface area contributed by atoms with Crippen LogP contribution in [0, 0.1) is 5.92 Å². The van der Waals surface area contributed by atoms with E-state index in [1.54, 1.807) is 21.8 Å². The molecule has 2 aromatic rings. The topological polar surface area (TPSA) is 60.9 Å². The molecular formula is C23H31N3O3S2. The minimum atomic E-state index is -3.41. The van der Waals surface area contributed by atoms with Gasteiger partial charge in [-0.05, 0) is 49.1 Å². The third kappa shape index (κ3) is 5.19. The summed E-state index contributed by atoms with van der Waals surface area (Å²) in [6.45, 7) is 5.61. The summed E-state index contributed by atoms with van der Waals surface area (Å²) in [6, 6.07) is 13.8. The fourth-order valence-corrected chi connectivity index (χ4v) is 7.16. The fourth-order valence-electron chi connectivity index (χ4n) is 4.59. The summed E-state index contributed by atoms with van der Waals surface area (Å²) in [6.07, 6.45) is 3.17. The standard InChI is InChI=1S/C23H31N3O3S2/c1-19(24-13-15-26(16-14-24)31(28,29)22-8-5-17-30-22)23(27)25-11-9-21(10-12-25)18-20-6-3-2-4-7-20/h2-8,17,19,21H,9-16,18H2,1H3. The van der Waals surface area contributed by atoms with Crippen LogP contribution in [0.4, 0.5) is 0 Å². The lowest BCUT2D eigenvalue weighted by atomic mass is 9.90. The Bertz CT molecular complexity index is 947. The third-order valence-corrected chi connectivity index (χ3v) is 9.83. The summed E-state index contributed by atoms with van der Waals surface area (Å²) < 4.78 is 27.4. The number of carbonyl (C=O) groups is 1. The molecular weight excluding hydrogens is 430 g/mol. The Morgan fingerprint density at radius 3 is 2.29 bits per heavy atom. The van der Waals surface area contributed by atoms with Crippen LogP contribution in [-0.2, 0) is 21.2 Å². The van der Waals surface area contributed by atoms with Gasteiger partial charge in [0.25, 0.3) is 10.0 Å². The summed E-state index contributed by atoms with van der Waals surface area (Å²) in [5, 5.41) is 1.78. The first-order valence-corrected chi connectivity index (χ1v) is 13.4. The van der Waals surface area contributed by atoms with Gasteiger partial charge in [-0.15, -0.1) is 11.3 Å². The van der Waals surface area contributed by atoms with Crippen LogP contribution in [0.5, 0.6) is 0 Å². The van der Waals surface area contributed by atoms with Crippen molar-refractivity contribution in [2.45, 2.75) is 36.4 Å². The molecule has 31 heavy (non-hydrogen) atoms. The first-order valence-electron chi connectivity index (χ1n) is 11.1. The molecule has 1 unspecified atom stereocenters. The Kier molecular flexibility index (Phi) is 7.11. The lowest BCUT2D eigenvalue weighted by Gasteiger charge is -2.40. The van der Waals surface area contributed by atoms with Gasteiger partial charge in [-0.3, -0.25) is 9.69 Å². The molecule has 4 rings (SSSR count). The van der Waals surface area contributed by atoms with Gasteiger partial charge in [-0.2, -0.15) is 4.31 Å². The normalized spacial score (nSPS) is 20.6. The first-order chi connectivity index (χ1) is 14.9. The van der Waals surface area contributed by atoms with E-state index in [1.807, 2.05) is 17.9 Å². The number of benzene rings is 1. The van der Waals surface area contributed by atoms with E-state index in [0.717, 1.165) is 32.4 Å². The molecule has 0 bridgehead atoms. The quantitative estimate of drug-likeness (QED) is 0.664. The number of hydrogen-bond donors (Lipinski definition) is 0. The zero-order valence-electron chi connectivity index (χ0n) is 18.0. The molecule has 3 heterocycles. The van der Waals surface area contributed by atoms with Crippen molar-refractivity contribution in [1.29, 1.82) is 0 Å². The van der Waals surface area contributed by atoms with Crippen molar-refractivity contribution < 1.29 is 13.2 Å². The average molecular weight is 462 g/mol. The Balaban J connectivity index is 1.26. The predicted octanol–water partition coefficient (Wildman–Crippen LogP) is 2.92. The van der Waals surface area contributed by atoms with Crippen molar-refractivity contribution in [2.24, 2.45) is 5.92 Å². The molecule has 0 radical (unpaired) electrons. The molecule has 168 valence electrons. The average Bonchev–Trinajstić information content (AvgIpc) is 3.35. The molecule has 8 heteroatoms. The lowest BCUT2D eigenvalue weighted by Crippen LogP contribution is -2.56. The molecule has 1 amide bonds. The smallest absolute Gasteiger partial charge is 0.252 e. The third-order valence-electron chi connectivity index (χ3n) is 6.56. The largest absolute Gasteiger partial charge is 0.341 e. The van der Waals surface area contributed by atoms with Crippen LogP contribution < -0.4 is 0 Å². The molecule has 1 atom stereocenters. The molecule has 0 saturated carbocycles. The molecule has 2 saturated heterocycles. The fraction of sp³-hybridized carbons (Fsp3) is 0.522. The van der Waals surface area contributed by atoms with Crippen LogP contribution in [-0.4, -0.2) is 73.7 Å². The number of piperazine rings is 1. The van der Waals surface area contributed by atoms with Gasteiger partial charge < -0.3 is 4.90 Å². The number of amides is 1. The van der Waals surface area contributed by atoms with Crippen molar-refractivity contribution in [1.82, 2.24) is 14.1 Å². The first kappa shape index (κ1) is 22.5. The molecule has 6 nitrogen and oxygen atoms in total. The van der Waals surface area contributed by atoms with E-state index in [0.29, 0.717) is 36.3 Å². The summed E-state index contributed by atoms with van der Waals surface area (Å²) in [5.74, 6) is 0.806. The van der Waals surface area contributed by atoms with Crippen LogP contribution >= 0.6 is 11.3 Å². The Morgan fingerprint density at radius 2 is 1.68 bits per heavy atom. The second-order valence-corrected chi connectivity index (χ2v) is 11.6. The maximum Gasteiger partial charge on any atom is 0.252 e. The zero-order chi connectivity index (χ0) is 21.8. The molecule has 2 aliphatic heterocycles. The van der Waals surface area contributed by atoms with Crippen LogP contribution in [0.25, 0.3) is 0 Å². The number of nitrogens with zero attached hydrogens (tertiary/aromatic N) is 3. The van der Waals surface area contributed by atoms with E-state index in [2.05, 4.69) is 29.2 Å². The van der Waals surface area contributed by atoms with Crippen molar-refractivity contribution in [3.8, 4) is 0 Å². The van der Waals surface area contributed by atoms with Gasteiger partial charge >= 0.3 is 0 Å². The summed E-state index contributed by atoms with van der Waals surface area (Å²) in [7, 11) is -3.41. The van der Waals surface area contributed by atoms with Gasteiger partial charge in [-0.1, -0.05) is 36.4 Å². The number of piperidine rings is 1. The molecule has 0 N–H and O–H groups in total. The van der Waals surface area contributed by atoms with Crippen LogP contribution in [0.15, 0.2) is 52.1 Å². The minimum Gasteiger partial charge on any atom is -0.341 e.